The molecule has 1 saturated heterocycles. The Morgan fingerprint density at radius 3 is 2.85 bits per heavy atom. The van der Waals surface area contributed by atoms with Crippen LogP contribution in [0.5, 0.6) is 5.75 Å². The van der Waals surface area contributed by atoms with Crippen LogP contribution in [0, 0.1) is 13.8 Å². The number of piperidine rings is 1. The second-order valence-electron chi connectivity index (χ2n) is 6.64. The lowest BCUT2D eigenvalue weighted by Gasteiger charge is -2.28. The van der Waals surface area contributed by atoms with E-state index < -0.39 is 0 Å². The fourth-order valence-corrected chi connectivity index (χ4v) is 3.16. The molecule has 1 aromatic heterocycles. The van der Waals surface area contributed by atoms with E-state index in [0.29, 0.717) is 24.0 Å². The van der Waals surface area contributed by atoms with Gasteiger partial charge in [0.25, 0.3) is 5.91 Å². The van der Waals surface area contributed by atoms with Crippen LogP contribution in [0.3, 0.4) is 0 Å². The molecule has 1 aliphatic heterocycles. The van der Waals surface area contributed by atoms with Crippen LogP contribution in [0.15, 0.2) is 28.8 Å². The van der Waals surface area contributed by atoms with Gasteiger partial charge in [-0.15, -0.1) is 12.4 Å². The van der Waals surface area contributed by atoms with Crippen molar-refractivity contribution < 1.29 is 14.1 Å². The van der Waals surface area contributed by atoms with E-state index >= 15 is 0 Å². The molecule has 142 valence electrons. The second-order valence-corrected chi connectivity index (χ2v) is 6.64. The van der Waals surface area contributed by atoms with E-state index in [1.807, 2.05) is 32.0 Å². The fourth-order valence-electron chi connectivity index (χ4n) is 3.16. The third kappa shape index (κ3) is 4.77. The number of nitrogens with one attached hydrogen (secondary N) is 2. The highest BCUT2D eigenvalue weighted by Crippen LogP contribution is 2.22. The lowest BCUT2D eigenvalue weighted by Crippen LogP contribution is -2.46. The number of nitrogens with zero attached hydrogens (tertiary/aromatic N) is 1. The lowest BCUT2D eigenvalue weighted by atomic mass is 10.00. The van der Waals surface area contributed by atoms with Gasteiger partial charge in [-0.05, 0) is 52.3 Å². The highest BCUT2D eigenvalue weighted by Gasteiger charge is 2.22. The first-order valence-electron chi connectivity index (χ1n) is 8.72. The summed E-state index contributed by atoms with van der Waals surface area (Å²) in [5, 5.41) is 10.5. The van der Waals surface area contributed by atoms with Gasteiger partial charge in [-0.3, -0.25) is 4.79 Å². The number of carbonyl (C=O) groups is 1. The summed E-state index contributed by atoms with van der Waals surface area (Å²) >= 11 is 0. The zero-order chi connectivity index (χ0) is 17.8. The lowest BCUT2D eigenvalue weighted by molar-refractivity contribution is 0.0921. The highest BCUT2D eigenvalue weighted by molar-refractivity contribution is 5.97. The molecule has 2 aromatic rings. The summed E-state index contributed by atoms with van der Waals surface area (Å²) < 4.78 is 11.1. The van der Waals surface area contributed by atoms with Crippen LogP contribution >= 0.6 is 12.4 Å². The molecular weight excluding hydrogens is 354 g/mol. The number of aryl methyl sites for hydroxylation is 2. The van der Waals surface area contributed by atoms with Crippen LogP contribution in [0.4, 0.5) is 0 Å². The average Bonchev–Trinajstić information content (AvgIpc) is 2.91. The molecule has 1 fully saturated rings. The van der Waals surface area contributed by atoms with Crippen LogP contribution < -0.4 is 15.4 Å². The van der Waals surface area contributed by atoms with Crippen molar-refractivity contribution in [1.29, 1.82) is 0 Å². The number of benzene rings is 1. The van der Waals surface area contributed by atoms with Gasteiger partial charge in [0.05, 0.1) is 16.8 Å². The molecule has 2 unspecified atom stereocenters. The zero-order valence-electron chi connectivity index (χ0n) is 15.4. The molecule has 2 N–H and O–H groups in total. The standard InChI is InChI=1S/C19H25N3O3.ClH/c1-12-10-15(8-9-20-12)21-19(23)16-6-4-5-7-18(16)24-11-17-13(2)22-25-14(17)3;/h4-7,12,15,20H,8-11H2,1-3H3,(H,21,23);1H. The van der Waals surface area contributed by atoms with E-state index in [4.69, 9.17) is 9.26 Å². The second kappa shape index (κ2) is 9.05. The minimum absolute atomic E-state index is 0. The largest absolute Gasteiger partial charge is 0.488 e. The first kappa shape index (κ1) is 20.3. The van der Waals surface area contributed by atoms with Crippen molar-refractivity contribution in [3.63, 3.8) is 0 Å². The summed E-state index contributed by atoms with van der Waals surface area (Å²) in [6.07, 6.45) is 1.88. The minimum atomic E-state index is -0.0894. The first-order valence-corrected chi connectivity index (χ1v) is 8.72. The first-order chi connectivity index (χ1) is 12.0. The zero-order valence-corrected chi connectivity index (χ0v) is 16.2. The van der Waals surface area contributed by atoms with Crippen LogP contribution in [0.2, 0.25) is 0 Å². The van der Waals surface area contributed by atoms with E-state index in [1.165, 1.54) is 0 Å². The Morgan fingerprint density at radius 1 is 1.38 bits per heavy atom. The van der Waals surface area contributed by atoms with E-state index in [1.54, 1.807) is 6.07 Å². The number of rotatable bonds is 5. The average molecular weight is 380 g/mol. The van der Waals surface area contributed by atoms with Crippen molar-refractivity contribution >= 4 is 18.3 Å². The third-order valence-corrected chi connectivity index (χ3v) is 4.64. The van der Waals surface area contributed by atoms with Crippen molar-refractivity contribution in [2.75, 3.05) is 6.54 Å². The predicted molar refractivity (Wildman–Crippen MR) is 102 cm³/mol. The molecule has 2 atom stereocenters. The van der Waals surface area contributed by atoms with Crippen LogP contribution in [-0.2, 0) is 6.61 Å². The molecule has 7 heteroatoms. The number of amides is 1. The normalized spacial score (nSPS) is 19.5. The third-order valence-electron chi connectivity index (χ3n) is 4.64. The summed E-state index contributed by atoms with van der Waals surface area (Å²) in [6.45, 7) is 7.13. The summed E-state index contributed by atoms with van der Waals surface area (Å²) in [5.74, 6) is 1.22. The molecule has 6 nitrogen and oxygen atoms in total. The van der Waals surface area contributed by atoms with Crippen LogP contribution in [0.1, 0.15) is 47.1 Å². The Balaban J connectivity index is 0.00000243. The van der Waals surface area contributed by atoms with E-state index in [-0.39, 0.29) is 24.4 Å². The van der Waals surface area contributed by atoms with E-state index in [2.05, 4.69) is 22.7 Å². The molecule has 0 spiro atoms. The Hall–Kier alpha value is -2.05. The number of halogens is 1. The van der Waals surface area contributed by atoms with Gasteiger partial charge < -0.3 is 19.9 Å². The monoisotopic (exact) mass is 379 g/mol. The Morgan fingerprint density at radius 2 is 2.15 bits per heavy atom. The molecule has 26 heavy (non-hydrogen) atoms. The van der Waals surface area contributed by atoms with Crippen molar-refractivity contribution in [1.82, 2.24) is 15.8 Å². The number of hydrogen-bond acceptors (Lipinski definition) is 5. The van der Waals surface area contributed by atoms with Crippen molar-refractivity contribution in [3.05, 3.63) is 46.8 Å². The molecule has 3 rings (SSSR count). The molecular formula is C19H26ClN3O3. The van der Waals surface area contributed by atoms with E-state index in [9.17, 15) is 4.79 Å². The molecule has 0 saturated carbocycles. The fraction of sp³-hybridized carbons (Fsp3) is 0.474. The van der Waals surface area contributed by atoms with Crippen molar-refractivity contribution in [2.24, 2.45) is 0 Å². The van der Waals surface area contributed by atoms with Gasteiger partial charge in [-0.1, -0.05) is 17.3 Å². The van der Waals surface area contributed by atoms with Gasteiger partial charge in [-0.25, -0.2) is 0 Å². The molecule has 1 aliphatic rings. The maximum Gasteiger partial charge on any atom is 0.255 e. The predicted octanol–water partition coefficient (Wildman–Crippen LogP) is 3.16. The maximum absolute atomic E-state index is 12.7. The summed E-state index contributed by atoms with van der Waals surface area (Å²) in [6, 6.07) is 7.94. The SMILES string of the molecule is Cc1noc(C)c1COc1ccccc1C(=O)NC1CCNC(C)C1.Cl. The van der Waals surface area contributed by atoms with Gasteiger partial charge in [0.15, 0.2) is 0 Å². The van der Waals surface area contributed by atoms with Gasteiger partial charge in [0, 0.05) is 12.1 Å². The topological polar surface area (TPSA) is 76.4 Å². The van der Waals surface area contributed by atoms with Gasteiger partial charge in [-0.2, -0.15) is 0 Å². The number of ether oxygens (including phenoxy) is 1. The van der Waals surface area contributed by atoms with Crippen LogP contribution in [0.25, 0.3) is 0 Å². The highest BCUT2D eigenvalue weighted by atomic mass is 35.5. The number of hydrogen-bond donors (Lipinski definition) is 2. The molecule has 0 radical (unpaired) electrons. The van der Waals surface area contributed by atoms with E-state index in [0.717, 1.165) is 36.4 Å². The van der Waals surface area contributed by atoms with Gasteiger partial charge in [0.1, 0.15) is 18.1 Å². The molecule has 0 bridgehead atoms. The number of carbonyl (C=O) groups excluding carboxylic acids is 1. The van der Waals surface area contributed by atoms with Gasteiger partial charge >= 0.3 is 0 Å². The maximum atomic E-state index is 12.7. The Kier molecular flexibility index (Phi) is 7.06. The molecule has 1 aromatic carbocycles. The number of aromatic nitrogens is 1. The van der Waals surface area contributed by atoms with Crippen molar-refractivity contribution in [2.45, 2.75) is 52.3 Å². The summed E-state index contributed by atoms with van der Waals surface area (Å²) in [5.41, 5.74) is 2.28. The molecule has 1 amide bonds. The summed E-state index contributed by atoms with van der Waals surface area (Å²) in [4.78, 5) is 12.7. The minimum Gasteiger partial charge on any atom is -0.488 e. The smallest absolute Gasteiger partial charge is 0.255 e. The molecule has 0 aliphatic carbocycles. The Bertz CT molecular complexity index is 728. The quantitative estimate of drug-likeness (QED) is 0.834. The van der Waals surface area contributed by atoms with Crippen LogP contribution in [-0.4, -0.2) is 29.7 Å². The molecule has 2 heterocycles. The van der Waals surface area contributed by atoms with Crippen molar-refractivity contribution in [3.8, 4) is 5.75 Å². The Labute approximate surface area is 160 Å². The van der Waals surface area contributed by atoms with Gasteiger partial charge in [0.2, 0.25) is 0 Å². The summed E-state index contributed by atoms with van der Waals surface area (Å²) in [7, 11) is 0. The number of para-hydroxylation sites is 1.